The summed E-state index contributed by atoms with van der Waals surface area (Å²) in [5, 5.41) is 29.7. The molecule has 2 N–H and O–H groups in total. The monoisotopic (exact) mass is 438 g/mol. The Morgan fingerprint density at radius 3 is 2.78 bits per heavy atom. The lowest BCUT2D eigenvalue weighted by Gasteiger charge is -2.39. The summed E-state index contributed by atoms with van der Waals surface area (Å²) in [5.41, 5.74) is -1.43. The van der Waals surface area contributed by atoms with E-state index < -0.39 is 28.9 Å². The molecular formula is C22H19FN4O5. The van der Waals surface area contributed by atoms with Crippen molar-refractivity contribution >= 4 is 17.6 Å². The largest absolute Gasteiger partial charge is 0.618 e. The van der Waals surface area contributed by atoms with Gasteiger partial charge in [0.2, 0.25) is 0 Å². The van der Waals surface area contributed by atoms with Crippen LogP contribution in [0.15, 0.2) is 55.0 Å². The van der Waals surface area contributed by atoms with Crippen LogP contribution < -0.4 is 10.0 Å². The SMILES string of the molecule is O=C1O[C@]2(CC[C@@](O)(C(=O)Nc3cnn(-c4cccc(F)c4)c3)CC2)c2ccc[n+]([O-])c21. The summed E-state index contributed by atoms with van der Waals surface area (Å²) in [7, 11) is 0. The molecule has 1 aromatic carbocycles. The number of anilines is 1. The molecule has 1 fully saturated rings. The molecule has 1 aliphatic heterocycles. The summed E-state index contributed by atoms with van der Waals surface area (Å²) >= 11 is 0. The molecular weight excluding hydrogens is 419 g/mol. The minimum Gasteiger partial charge on any atom is -0.618 e. The van der Waals surface area contributed by atoms with Crippen molar-refractivity contribution in [1.82, 2.24) is 9.78 Å². The van der Waals surface area contributed by atoms with Crippen molar-refractivity contribution in [3.8, 4) is 5.69 Å². The molecule has 3 heterocycles. The summed E-state index contributed by atoms with van der Waals surface area (Å²) in [6.45, 7) is 0. The Hall–Kier alpha value is -3.79. The Labute approximate surface area is 181 Å². The average Bonchev–Trinajstić information content (AvgIpc) is 3.34. The zero-order chi connectivity index (χ0) is 22.5. The number of pyridine rings is 1. The standard InChI is InChI=1S/C22H19FN4O5/c23-14-3-1-4-16(11-14)26-13-15(12-24-26)25-20(29)21(30)6-8-22(9-7-21)17-5-2-10-27(31)18(17)19(28)32-22/h1-5,10-13,30H,6-9H2,(H,25,29)/t21-,22-. The number of carbonyl (C=O) groups excluding carboxylic acids is 2. The number of esters is 1. The van der Waals surface area contributed by atoms with Gasteiger partial charge in [-0.1, -0.05) is 6.07 Å². The third-order valence-electron chi connectivity index (χ3n) is 6.15. The van der Waals surface area contributed by atoms with Crippen LogP contribution in [-0.4, -0.2) is 32.4 Å². The maximum atomic E-state index is 13.4. The van der Waals surface area contributed by atoms with Crippen LogP contribution in [0.3, 0.4) is 0 Å². The van der Waals surface area contributed by atoms with Gasteiger partial charge in [-0.15, -0.1) is 0 Å². The first-order valence-corrected chi connectivity index (χ1v) is 10.1. The fraction of sp³-hybridized carbons (Fsp3) is 0.273. The number of benzene rings is 1. The number of hydrogen-bond acceptors (Lipinski definition) is 6. The first-order valence-electron chi connectivity index (χ1n) is 10.1. The number of fused-ring (bicyclic) bond motifs is 2. The second-order valence-electron chi connectivity index (χ2n) is 8.12. The fourth-order valence-corrected chi connectivity index (χ4v) is 4.40. The van der Waals surface area contributed by atoms with Gasteiger partial charge in [0.15, 0.2) is 6.20 Å². The predicted molar refractivity (Wildman–Crippen MR) is 108 cm³/mol. The highest BCUT2D eigenvalue weighted by atomic mass is 19.1. The highest BCUT2D eigenvalue weighted by Gasteiger charge is 2.55. The first kappa shape index (κ1) is 20.1. The number of aromatic nitrogens is 3. The number of halogens is 1. The molecule has 0 bridgehead atoms. The van der Waals surface area contributed by atoms with Gasteiger partial charge < -0.3 is 20.4 Å². The zero-order valence-electron chi connectivity index (χ0n) is 16.8. The molecule has 2 aromatic heterocycles. The van der Waals surface area contributed by atoms with Crippen LogP contribution in [0.2, 0.25) is 0 Å². The van der Waals surface area contributed by atoms with E-state index in [1.807, 2.05) is 0 Å². The quantitative estimate of drug-likeness (QED) is 0.366. The summed E-state index contributed by atoms with van der Waals surface area (Å²) in [4.78, 5) is 25.1. The molecule has 2 aliphatic rings. The fourth-order valence-electron chi connectivity index (χ4n) is 4.40. The summed E-state index contributed by atoms with van der Waals surface area (Å²) in [5.74, 6) is -1.72. The van der Waals surface area contributed by atoms with Gasteiger partial charge in [0.25, 0.3) is 5.91 Å². The van der Waals surface area contributed by atoms with Gasteiger partial charge in [0.05, 0.1) is 29.3 Å². The zero-order valence-corrected chi connectivity index (χ0v) is 16.8. The minimum atomic E-state index is -1.68. The van der Waals surface area contributed by atoms with E-state index in [0.717, 1.165) is 0 Å². The van der Waals surface area contributed by atoms with Gasteiger partial charge in [0, 0.05) is 6.07 Å². The molecule has 0 saturated heterocycles. The number of hydrogen-bond donors (Lipinski definition) is 2. The molecule has 1 aliphatic carbocycles. The van der Waals surface area contributed by atoms with E-state index in [1.165, 1.54) is 35.4 Å². The second-order valence-corrected chi connectivity index (χ2v) is 8.12. The van der Waals surface area contributed by atoms with Crippen molar-refractivity contribution in [2.45, 2.75) is 36.9 Å². The van der Waals surface area contributed by atoms with Crippen molar-refractivity contribution in [3.05, 3.63) is 77.3 Å². The van der Waals surface area contributed by atoms with Gasteiger partial charge in [-0.25, -0.2) is 13.9 Å². The third-order valence-corrected chi connectivity index (χ3v) is 6.15. The summed E-state index contributed by atoms with van der Waals surface area (Å²) < 4.78 is 20.9. The van der Waals surface area contributed by atoms with E-state index in [-0.39, 0.29) is 31.4 Å². The van der Waals surface area contributed by atoms with Crippen LogP contribution in [0, 0.1) is 11.0 Å². The van der Waals surface area contributed by atoms with Crippen molar-refractivity contribution in [1.29, 1.82) is 0 Å². The number of aliphatic hydroxyl groups is 1. The second kappa shape index (κ2) is 7.13. The summed E-state index contributed by atoms with van der Waals surface area (Å²) in [6, 6.07) is 9.05. The lowest BCUT2D eigenvalue weighted by molar-refractivity contribution is -0.608. The Balaban J connectivity index is 1.30. The van der Waals surface area contributed by atoms with Crippen LogP contribution in [-0.2, 0) is 15.1 Å². The van der Waals surface area contributed by atoms with Crippen LogP contribution in [0.4, 0.5) is 10.1 Å². The van der Waals surface area contributed by atoms with Gasteiger partial charge in [0.1, 0.15) is 17.0 Å². The Kier molecular flexibility index (Phi) is 4.48. The molecule has 0 atom stereocenters. The van der Waals surface area contributed by atoms with E-state index in [0.29, 0.717) is 21.7 Å². The van der Waals surface area contributed by atoms with E-state index in [4.69, 9.17) is 4.74 Å². The van der Waals surface area contributed by atoms with Crippen molar-refractivity contribution in [2.24, 2.45) is 0 Å². The molecule has 9 nitrogen and oxygen atoms in total. The minimum absolute atomic E-state index is 0.0390. The molecule has 1 saturated carbocycles. The van der Waals surface area contributed by atoms with Crippen molar-refractivity contribution < 1.29 is 28.6 Å². The Morgan fingerprint density at radius 2 is 2.03 bits per heavy atom. The number of nitrogens with one attached hydrogen (secondary N) is 1. The van der Waals surface area contributed by atoms with Gasteiger partial charge in [-0.2, -0.15) is 9.83 Å². The van der Waals surface area contributed by atoms with E-state index in [2.05, 4.69) is 10.4 Å². The van der Waals surface area contributed by atoms with Gasteiger partial charge in [-0.3, -0.25) is 4.79 Å². The number of nitrogens with zero attached hydrogens (tertiary/aromatic N) is 3. The molecule has 3 aromatic rings. The molecule has 0 radical (unpaired) electrons. The third kappa shape index (κ3) is 3.19. The van der Waals surface area contributed by atoms with Gasteiger partial charge >= 0.3 is 11.7 Å². The highest BCUT2D eigenvalue weighted by Crippen LogP contribution is 2.48. The smallest absolute Gasteiger partial charge is 0.406 e. The molecule has 32 heavy (non-hydrogen) atoms. The van der Waals surface area contributed by atoms with Gasteiger partial charge in [-0.05, 0) is 49.9 Å². The molecule has 164 valence electrons. The highest BCUT2D eigenvalue weighted by molar-refractivity contribution is 5.97. The normalized spacial score (nSPS) is 24.2. The number of ether oxygens (including phenoxy) is 1. The molecule has 1 spiro atoms. The van der Waals surface area contributed by atoms with E-state index in [9.17, 15) is 24.3 Å². The maximum Gasteiger partial charge on any atom is 0.406 e. The lowest BCUT2D eigenvalue weighted by atomic mass is 9.73. The van der Waals surface area contributed by atoms with Crippen molar-refractivity contribution in [2.75, 3.05) is 5.32 Å². The maximum absolute atomic E-state index is 13.4. The van der Waals surface area contributed by atoms with Crippen LogP contribution in [0.25, 0.3) is 5.69 Å². The average molecular weight is 438 g/mol. The Morgan fingerprint density at radius 1 is 1.25 bits per heavy atom. The molecule has 0 unspecified atom stereocenters. The number of carbonyl (C=O) groups is 2. The van der Waals surface area contributed by atoms with Crippen molar-refractivity contribution in [3.63, 3.8) is 0 Å². The van der Waals surface area contributed by atoms with Crippen LogP contribution in [0.5, 0.6) is 0 Å². The van der Waals surface area contributed by atoms with Crippen LogP contribution >= 0.6 is 0 Å². The lowest BCUT2D eigenvalue weighted by Crippen LogP contribution is -2.49. The van der Waals surface area contributed by atoms with E-state index >= 15 is 0 Å². The number of amides is 1. The Bertz CT molecular complexity index is 1230. The molecule has 5 rings (SSSR count). The number of rotatable bonds is 3. The molecule has 10 heteroatoms. The first-order chi connectivity index (χ1) is 15.3. The molecule has 1 amide bonds. The topological polar surface area (TPSA) is 120 Å². The summed E-state index contributed by atoms with van der Waals surface area (Å²) in [6.07, 6.45) is 4.62. The van der Waals surface area contributed by atoms with Crippen LogP contribution in [0.1, 0.15) is 41.7 Å². The predicted octanol–water partition coefficient (Wildman–Crippen LogP) is 1.95. The van der Waals surface area contributed by atoms with E-state index in [1.54, 1.807) is 24.3 Å².